The van der Waals surface area contributed by atoms with Gasteiger partial charge in [0.1, 0.15) is 0 Å². The maximum absolute atomic E-state index is 11.9. The Kier molecular flexibility index (Phi) is 5.98. The number of nitrogens with zero attached hydrogens (tertiary/aromatic N) is 4. The number of halogens is 1. The summed E-state index contributed by atoms with van der Waals surface area (Å²) in [5.74, 6) is 0. The molecule has 0 saturated heterocycles. The first-order valence-electron chi connectivity index (χ1n) is 9.39. The SMILES string of the molecule is CC(=O)[AsH]c1ncnc2nc(-c3ccc(N(C)C)cc3)cc(-c3cccc(Br)c3)c12. The predicted octanol–water partition coefficient (Wildman–Crippen LogP) is 3.80. The van der Waals surface area contributed by atoms with E-state index in [9.17, 15) is 4.79 Å². The number of carbonyl (C=O) groups is 1. The van der Waals surface area contributed by atoms with Crippen molar-refractivity contribution in [2.45, 2.75) is 6.92 Å². The normalized spacial score (nSPS) is 11.3. The van der Waals surface area contributed by atoms with Crippen LogP contribution < -0.4 is 9.38 Å². The van der Waals surface area contributed by atoms with Gasteiger partial charge in [0.2, 0.25) is 0 Å². The molecule has 4 aromatic rings. The summed E-state index contributed by atoms with van der Waals surface area (Å²) in [5, 5.41) is 0.875. The van der Waals surface area contributed by atoms with Gasteiger partial charge in [0.15, 0.2) is 0 Å². The number of carbonyl (C=O) groups excluding carboxylic acids is 1. The topological polar surface area (TPSA) is 59.0 Å². The first-order valence-corrected chi connectivity index (χ1v) is 12.3. The zero-order valence-corrected chi connectivity index (χ0v) is 20.5. The van der Waals surface area contributed by atoms with Crippen molar-refractivity contribution in [1.82, 2.24) is 15.0 Å². The Morgan fingerprint density at radius 3 is 2.43 bits per heavy atom. The van der Waals surface area contributed by atoms with Crippen molar-refractivity contribution in [2.24, 2.45) is 0 Å². The standard InChI is InChI=1S/C23H20AsBrN4O/c1-14(30)24-22-21-19(16-5-4-6-17(25)11-16)12-20(28-23(21)27-13-26-22)15-7-9-18(10-8-15)29(2)3/h4-13,24H,1-3H3. The molecule has 0 amide bonds. The molecule has 0 aliphatic carbocycles. The molecule has 0 N–H and O–H groups in total. The van der Waals surface area contributed by atoms with E-state index >= 15 is 0 Å². The van der Waals surface area contributed by atoms with Crippen LogP contribution in [-0.2, 0) is 4.79 Å². The van der Waals surface area contributed by atoms with E-state index < -0.39 is 15.8 Å². The van der Waals surface area contributed by atoms with Crippen molar-refractivity contribution < 1.29 is 4.79 Å². The Hall–Kier alpha value is -2.56. The van der Waals surface area contributed by atoms with Crippen molar-refractivity contribution in [3.05, 3.63) is 65.4 Å². The summed E-state index contributed by atoms with van der Waals surface area (Å²) >= 11 is 2.54. The van der Waals surface area contributed by atoms with Crippen molar-refractivity contribution in [3.63, 3.8) is 0 Å². The van der Waals surface area contributed by atoms with Gasteiger partial charge in [-0.15, -0.1) is 0 Å². The third kappa shape index (κ3) is 4.30. The van der Waals surface area contributed by atoms with E-state index in [-0.39, 0.29) is 4.57 Å². The van der Waals surface area contributed by atoms with Crippen LogP contribution in [0.5, 0.6) is 0 Å². The van der Waals surface area contributed by atoms with E-state index in [1.807, 2.05) is 26.2 Å². The molecule has 2 heterocycles. The zero-order valence-electron chi connectivity index (χ0n) is 16.8. The van der Waals surface area contributed by atoms with Crippen LogP contribution in [0.2, 0.25) is 0 Å². The second-order valence-electron chi connectivity index (χ2n) is 7.11. The van der Waals surface area contributed by atoms with Crippen molar-refractivity contribution >= 4 is 57.5 Å². The van der Waals surface area contributed by atoms with E-state index in [0.717, 1.165) is 42.4 Å². The van der Waals surface area contributed by atoms with Gasteiger partial charge in [-0.1, -0.05) is 0 Å². The molecule has 0 spiro atoms. The minimum atomic E-state index is -1.03. The summed E-state index contributed by atoms with van der Waals surface area (Å²) in [7, 11) is 4.04. The summed E-state index contributed by atoms with van der Waals surface area (Å²) in [6, 6.07) is 18.5. The van der Waals surface area contributed by atoms with Crippen LogP contribution >= 0.6 is 15.9 Å². The number of aromatic nitrogens is 3. The maximum atomic E-state index is 11.9. The number of benzene rings is 2. The molecule has 150 valence electrons. The first kappa shape index (κ1) is 20.7. The van der Waals surface area contributed by atoms with Crippen LogP contribution in [-0.4, -0.2) is 49.4 Å². The van der Waals surface area contributed by atoms with Gasteiger partial charge in [0.25, 0.3) is 0 Å². The average molecular weight is 523 g/mol. The second-order valence-corrected chi connectivity index (χ2v) is 11.0. The Morgan fingerprint density at radius 2 is 1.77 bits per heavy atom. The molecular formula is C23H20AsBrN4O. The summed E-state index contributed by atoms with van der Waals surface area (Å²) < 4.78 is 1.99. The third-order valence-corrected chi connectivity index (χ3v) is 7.24. The van der Waals surface area contributed by atoms with E-state index in [0.29, 0.717) is 5.65 Å². The number of pyridine rings is 1. The fraction of sp³-hybridized carbons (Fsp3) is 0.130. The number of fused-ring (bicyclic) bond motifs is 1. The first-order chi connectivity index (χ1) is 14.4. The molecule has 1 atom stereocenters. The third-order valence-electron chi connectivity index (χ3n) is 4.71. The molecule has 2 aromatic carbocycles. The Bertz CT molecular complexity index is 1240. The number of hydrogen-bond acceptors (Lipinski definition) is 5. The van der Waals surface area contributed by atoms with Crippen molar-refractivity contribution in [2.75, 3.05) is 19.0 Å². The van der Waals surface area contributed by atoms with Crippen molar-refractivity contribution in [1.29, 1.82) is 0 Å². The minimum absolute atomic E-state index is 0.179. The Morgan fingerprint density at radius 1 is 1.00 bits per heavy atom. The summed E-state index contributed by atoms with van der Waals surface area (Å²) in [4.78, 5) is 27.7. The van der Waals surface area contributed by atoms with E-state index in [1.54, 1.807) is 6.92 Å². The Labute approximate surface area is 190 Å². The van der Waals surface area contributed by atoms with Crippen LogP contribution in [0, 0.1) is 0 Å². The molecule has 0 saturated carbocycles. The monoisotopic (exact) mass is 522 g/mol. The molecule has 0 bridgehead atoms. The molecule has 7 heteroatoms. The Balaban J connectivity index is 1.97. The van der Waals surface area contributed by atoms with Gasteiger partial charge < -0.3 is 0 Å². The molecule has 5 nitrogen and oxygen atoms in total. The quantitative estimate of drug-likeness (QED) is 0.373. The molecule has 4 rings (SSSR count). The van der Waals surface area contributed by atoms with Gasteiger partial charge >= 0.3 is 191 Å². The van der Waals surface area contributed by atoms with Crippen LogP contribution in [0.1, 0.15) is 6.92 Å². The molecule has 30 heavy (non-hydrogen) atoms. The molecule has 0 aliphatic rings. The number of hydrogen-bond donors (Lipinski definition) is 0. The van der Waals surface area contributed by atoms with Crippen LogP contribution in [0.15, 0.2) is 65.4 Å². The molecule has 1 unspecified atom stereocenters. The van der Waals surface area contributed by atoms with Gasteiger partial charge in [-0.3, -0.25) is 0 Å². The van der Waals surface area contributed by atoms with Gasteiger partial charge in [-0.2, -0.15) is 0 Å². The van der Waals surface area contributed by atoms with Crippen molar-refractivity contribution in [3.8, 4) is 22.4 Å². The molecule has 0 aliphatic heterocycles. The van der Waals surface area contributed by atoms with Gasteiger partial charge in [-0.25, -0.2) is 0 Å². The predicted molar refractivity (Wildman–Crippen MR) is 128 cm³/mol. The van der Waals surface area contributed by atoms with Crippen LogP contribution in [0.4, 0.5) is 5.69 Å². The van der Waals surface area contributed by atoms with E-state index in [1.165, 1.54) is 6.33 Å². The number of anilines is 1. The molecule has 0 fully saturated rings. The fourth-order valence-corrected chi connectivity index (χ4v) is 5.42. The molecule has 0 radical (unpaired) electrons. The van der Waals surface area contributed by atoms with Crippen LogP contribution in [0.3, 0.4) is 0 Å². The summed E-state index contributed by atoms with van der Waals surface area (Å²) in [6.45, 7) is 1.63. The molecular weight excluding hydrogens is 503 g/mol. The van der Waals surface area contributed by atoms with Gasteiger partial charge in [-0.05, 0) is 0 Å². The van der Waals surface area contributed by atoms with Gasteiger partial charge in [0, 0.05) is 0 Å². The zero-order chi connectivity index (χ0) is 21.3. The summed E-state index contributed by atoms with van der Waals surface area (Å²) in [5.41, 5.74) is 5.64. The second kappa shape index (κ2) is 8.66. The summed E-state index contributed by atoms with van der Waals surface area (Å²) in [6.07, 6.45) is 1.51. The van der Waals surface area contributed by atoms with E-state index in [2.05, 4.69) is 73.3 Å². The van der Waals surface area contributed by atoms with Gasteiger partial charge in [0.05, 0.1) is 0 Å². The fourth-order valence-electron chi connectivity index (χ4n) is 3.29. The number of rotatable bonds is 5. The van der Waals surface area contributed by atoms with Crippen LogP contribution in [0.25, 0.3) is 33.4 Å². The molecule has 2 aromatic heterocycles. The van der Waals surface area contributed by atoms with E-state index in [4.69, 9.17) is 4.98 Å². The average Bonchev–Trinajstić information content (AvgIpc) is 2.73.